The van der Waals surface area contributed by atoms with Crippen molar-refractivity contribution in [2.45, 2.75) is 59.0 Å². The van der Waals surface area contributed by atoms with Crippen LogP contribution in [0, 0.1) is 12.3 Å². The van der Waals surface area contributed by atoms with Gasteiger partial charge in [0.1, 0.15) is 0 Å². The van der Waals surface area contributed by atoms with E-state index in [1.807, 2.05) is 6.20 Å². The Labute approximate surface area is 155 Å². The van der Waals surface area contributed by atoms with Crippen LogP contribution < -0.4 is 5.32 Å². The number of aromatic amines is 1. The number of rotatable bonds is 4. The molecule has 1 fully saturated rings. The number of nitrogens with one attached hydrogen (secondary N) is 2. The van der Waals surface area contributed by atoms with E-state index < -0.39 is 0 Å². The average Bonchev–Trinajstić information content (AvgIpc) is 3.08. The van der Waals surface area contributed by atoms with Crippen molar-refractivity contribution in [1.82, 2.24) is 20.3 Å². The van der Waals surface area contributed by atoms with Gasteiger partial charge in [-0.1, -0.05) is 19.9 Å². The molecule has 1 aliphatic rings. The highest BCUT2D eigenvalue weighted by atomic mass is 14.9. The molecule has 4 heteroatoms. The maximum absolute atomic E-state index is 4.69. The fourth-order valence-corrected chi connectivity index (χ4v) is 3.94. The Hall–Kier alpha value is -2.20. The molecule has 1 aromatic carbocycles. The minimum atomic E-state index is 0.519. The fourth-order valence-electron chi connectivity index (χ4n) is 3.94. The van der Waals surface area contributed by atoms with Crippen molar-refractivity contribution >= 4 is 11.0 Å². The SMILES string of the molecule is Cc1cc2[nH]cnc2cc1-c1ccc(CNC2CCC(C)(C)CC2)nc1. The van der Waals surface area contributed by atoms with Crippen LogP contribution in [0.4, 0.5) is 0 Å². The van der Waals surface area contributed by atoms with Gasteiger partial charge in [-0.25, -0.2) is 4.98 Å². The highest BCUT2D eigenvalue weighted by Crippen LogP contribution is 2.35. The molecule has 26 heavy (non-hydrogen) atoms. The van der Waals surface area contributed by atoms with E-state index in [-0.39, 0.29) is 0 Å². The number of benzene rings is 1. The van der Waals surface area contributed by atoms with Crippen molar-refractivity contribution < 1.29 is 0 Å². The smallest absolute Gasteiger partial charge is 0.0931 e. The van der Waals surface area contributed by atoms with Gasteiger partial charge in [0.2, 0.25) is 0 Å². The van der Waals surface area contributed by atoms with Crippen molar-refractivity contribution in [3.63, 3.8) is 0 Å². The molecule has 0 unspecified atom stereocenters. The summed E-state index contributed by atoms with van der Waals surface area (Å²) in [5.41, 5.74) is 7.29. The summed E-state index contributed by atoms with van der Waals surface area (Å²) in [5, 5.41) is 3.69. The first kappa shape index (κ1) is 17.2. The van der Waals surface area contributed by atoms with Gasteiger partial charge in [0.05, 0.1) is 23.1 Å². The average molecular weight is 348 g/mol. The largest absolute Gasteiger partial charge is 0.345 e. The Kier molecular flexibility index (Phi) is 4.53. The van der Waals surface area contributed by atoms with Gasteiger partial charge in [0.15, 0.2) is 0 Å². The van der Waals surface area contributed by atoms with Crippen molar-refractivity contribution in [2.24, 2.45) is 5.41 Å². The van der Waals surface area contributed by atoms with Crippen molar-refractivity contribution in [2.75, 3.05) is 0 Å². The van der Waals surface area contributed by atoms with Crippen LogP contribution in [0.3, 0.4) is 0 Å². The number of nitrogens with zero attached hydrogens (tertiary/aromatic N) is 2. The lowest BCUT2D eigenvalue weighted by Crippen LogP contribution is -2.35. The van der Waals surface area contributed by atoms with Crippen molar-refractivity contribution in [3.8, 4) is 11.1 Å². The lowest BCUT2D eigenvalue weighted by Gasteiger charge is -2.34. The van der Waals surface area contributed by atoms with Gasteiger partial charge < -0.3 is 10.3 Å². The van der Waals surface area contributed by atoms with Gasteiger partial charge in [-0.3, -0.25) is 4.98 Å². The second-order valence-corrected chi connectivity index (χ2v) is 8.44. The normalized spacial score (nSPS) is 17.7. The predicted molar refractivity (Wildman–Crippen MR) is 107 cm³/mol. The monoisotopic (exact) mass is 348 g/mol. The molecule has 1 aliphatic carbocycles. The molecule has 0 spiro atoms. The maximum Gasteiger partial charge on any atom is 0.0931 e. The molecule has 0 saturated heterocycles. The number of aryl methyl sites for hydroxylation is 1. The van der Waals surface area contributed by atoms with E-state index in [0.29, 0.717) is 11.5 Å². The fraction of sp³-hybridized carbons (Fsp3) is 0.455. The van der Waals surface area contributed by atoms with Gasteiger partial charge >= 0.3 is 0 Å². The van der Waals surface area contributed by atoms with Crippen LogP contribution in [0.15, 0.2) is 36.8 Å². The molecule has 2 aromatic heterocycles. The molecule has 0 aliphatic heterocycles. The van der Waals surface area contributed by atoms with E-state index in [4.69, 9.17) is 0 Å². The highest BCUT2D eigenvalue weighted by molar-refractivity contribution is 5.83. The number of aromatic nitrogens is 3. The zero-order valence-corrected chi connectivity index (χ0v) is 16.0. The van der Waals surface area contributed by atoms with Crippen LogP contribution in [0.1, 0.15) is 50.8 Å². The minimum absolute atomic E-state index is 0.519. The number of hydrogen-bond acceptors (Lipinski definition) is 3. The molecular weight excluding hydrogens is 320 g/mol. The number of hydrogen-bond donors (Lipinski definition) is 2. The van der Waals surface area contributed by atoms with Crippen molar-refractivity contribution in [3.05, 3.63) is 48.0 Å². The third-order valence-corrected chi connectivity index (χ3v) is 5.81. The molecule has 0 atom stereocenters. The summed E-state index contributed by atoms with van der Waals surface area (Å²) in [6.45, 7) is 7.75. The standard InChI is InChI=1S/C22H28N4/c1-15-10-20-21(26-14-25-20)11-19(15)16-4-5-18(23-12-16)13-24-17-6-8-22(2,3)9-7-17/h4-5,10-12,14,17,24H,6-9,13H2,1-3H3,(H,25,26). The van der Waals surface area contributed by atoms with Gasteiger partial charge in [-0.2, -0.15) is 0 Å². The second-order valence-electron chi connectivity index (χ2n) is 8.44. The summed E-state index contributed by atoms with van der Waals surface area (Å²) in [4.78, 5) is 12.2. The number of fused-ring (bicyclic) bond motifs is 1. The first-order chi connectivity index (χ1) is 12.5. The molecule has 4 nitrogen and oxygen atoms in total. The summed E-state index contributed by atoms with van der Waals surface area (Å²) in [7, 11) is 0. The summed E-state index contributed by atoms with van der Waals surface area (Å²) >= 11 is 0. The first-order valence-electron chi connectivity index (χ1n) is 9.63. The van der Waals surface area contributed by atoms with E-state index in [9.17, 15) is 0 Å². The lowest BCUT2D eigenvalue weighted by molar-refractivity contribution is 0.205. The zero-order valence-electron chi connectivity index (χ0n) is 16.0. The van der Waals surface area contributed by atoms with Crippen LogP contribution >= 0.6 is 0 Å². The van der Waals surface area contributed by atoms with Crippen molar-refractivity contribution in [1.29, 1.82) is 0 Å². The lowest BCUT2D eigenvalue weighted by atomic mass is 9.75. The summed E-state index contributed by atoms with van der Waals surface area (Å²) < 4.78 is 0. The molecule has 2 heterocycles. The zero-order chi connectivity index (χ0) is 18.1. The Morgan fingerprint density at radius 3 is 2.69 bits per heavy atom. The van der Waals surface area contributed by atoms with E-state index in [1.54, 1.807) is 6.33 Å². The third-order valence-electron chi connectivity index (χ3n) is 5.81. The minimum Gasteiger partial charge on any atom is -0.345 e. The maximum atomic E-state index is 4.69. The Morgan fingerprint density at radius 1 is 1.15 bits per heavy atom. The molecule has 136 valence electrons. The Morgan fingerprint density at radius 2 is 1.96 bits per heavy atom. The summed E-state index contributed by atoms with van der Waals surface area (Å²) in [6, 6.07) is 9.24. The summed E-state index contributed by atoms with van der Waals surface area (Å²) in [6.07, 6.45) is 8.90. The third kappa shape index (κ3) is 3.65. The molecule has 4 rings (SSSR count). The van der Waals surface area contributed by atoms with Crippen LogP contribution in [-0.4, -0.2) is 21.0 Å². The molecular formula is C22H28N4. The number of imidazole rings is 1. The van der Waals surface area contributed by atoms with Crippen LogP contribution in [0.5, 0.6) is 0 Å². The van der Waals surface area contributed by atoms with E-state index >= 15 is 0 Å². The van der Waals surface area contributed by atoms with Gasteiger partial charge in [-0.15, -0.1) is 0 Å². The quantitative estimate of drug-likeness (QED) is 0.698. The molecule has 2 N–H and O–H groups in total. The van der Waals surface area contributed by atoms with E-state index in [0.717, 1.165) is 28.8 Å². The topological polar surface area (TPSA) is 53.6 Å². The van der Waals surface area contributed by atoms with Crippen LogP contribution in [0.2, 0.25) is 0 Å². The second kappa shape index (κ2) is 6.84. The van der Waals surface area contributed by atoms with E-state index in [1.165, 1.54) is 36.8 Å². The number of pyridine rings is 1. The summed E-state index contributed by atoms with van der Waals surface area (Å²) in [5.74, 6) is 0. The molecule has 0 bridgehead atoms. The first-order valence-corrected chi connectivity index (χ1v) is 9.63. The Bertz CT molecular complexity index is 882. The predicted octanol–water partition coefficient (Wildman–Crippen LogP) is 4.99. The molecule has 0 amide bonds. The van der Waals surface area contributed by atoms with Gasteiger partial charge in [-0.05, 0) is 67.3 Å². The Balaban J connectivity index is 1.42. The highest BCUT2D eigenvalue weighted by Gasteiger charge is 2.26. The van der Waals surface area contributed by atoms with Crippen LogP contribution in [0.25, 0.3) is 22.2 Å². The molecule has 0 radical (unpaired) electrons. The number of H-pyrrole nitrogens is 1. The van der Waals surface area contributed by atoms with Gasteiger partial charge in [0, 0.05) is 24.3 Å². The molecule has 1 saturated carbocycles. The van der Waals surface area contributed by atoms with Crippen LogP contribution in [-0.2, 0) is 6.54 Å². The van der Waals surface area contributed by atoms with E-state index in [2.05, 4.69) is 65.3 Å². The molecule has 3 aromatic rings. The van der Waals surface area contributed by atoms with Gasteiger partial charge in [0.25, 0.3) is 0 Å².